The molecule has 1 aromatic heterocycles. The summed E-state index contributed by atoms with van der Waals surface area (Å²) in [5.41, 5.74) is 0. The minimum atomic E-state index is -3.23. The van der Waals surface area contributed by atoms with Crippen LogP contribution in [0.15, 0.2) is 22.8 Å². The zero-order chi connectivity index (χ0) is 10.6. The highest BCUT2D eigenvalue weighted by molar-refractivity contribution is 9.10. The van der Waals surface area contributed by atoms with E-state index < -0.39 is 10.0 Å². The molecule has 4 nitrogen and oxygen atoms in total. The molecule has 0 aliphatic carbocycles. The number of anilines is 1. The smallest absolute Gasteiger partial charge is 0.233 e. The van der Waals surface area contributed by atoms with Crippen LogP contribution in [0.4, 0.5) is 5.82 Å². The van der Waals surface area contributed by atoms with Gasteiger partial charge < -0.3 is 0 Å². The van der Waals surface area contributed by atoms with Crippen LogP contribution >= 0.6 is 15.9 Å². The van der Waals surface area contributed by atoms with Crippen LogP contribution in [0.25, 0.3) is 0 Å². The lowest BCUT2D eigenvalue weighted by molar-refractivity contribution is 0.599. The van der Waals surface area contributed by atoms with Crippen LogP contribution < -0.4 is 4.72 Å². The first-order valence-electron chi connectivity index (χ1n) is 4.15. The molecule has 0 saturated carbocycles. The number of halogens is 1. The largest absolute Gasteiger partial charge is 0.267 e. The molecule has 1 heterocycles. The highest BCUT2D eigenvalue weighted by atomic mass is 79.9. The molecule has 0 fully saturated rings. The van der Waals surface area contributed by atoms with Crippen molar-refractivity contribution in [2.75, 3.05) is 10.5 Å². The third-order valence-electron chi connectivity index (χ3n) is 1.46. The molecule has 0 aromatic carbocycles. The van der Waals surface area contributed by atoms with Crippen molar-refractivity contribution in [3.63, 3.8) is 0 Å². The molecule has 0 saturated heterocycles. The molecule has 1 N–H and O–H groups in total. The van der Waals surface area contributed by atoms with Crippen LogP contribution in [-0.2, 0) is 10.0 Å². The van der Waals surface area contributed by atoms with Gasteiger partial charge in [0.25, 0.3) is 0 Å². The van der Waals surface area contributed by atoms with Crippen molar-refractivity contribution < 1.29 is 8.42 Å². The molecule has 78 valence electrons. The summed E-state index contributed by atoms with van der Waals surface area (Å²) in [5, 5.41) is 0. The maximum absolute atomic E-state index is 11.3. The van der Waals surface area contributed by atoms with E-state index in [4.69, 9.17) is 0 Å². The molecular formula is C8H11BrN2O2S. The Labute approximate surface area is 91.9 Å². The quantitative estimate of drug-likeness (QED) is 0.917. The van der Waals surface area contributed by atoms with Gasteiger partial charge in [-0.3, -0.25) is 4.72 Å². The van der Waals surface area contributed by atoms with Crippen LogP contribution in [0.2, 0.25) is 0 Å². The molecule has 1 aromatic rings. The lowest BCUT2D eigenvalue weighted by Crippen LogP contribution is -2.16. The number of aromatic nitrogens is 1. The predicted molar refractivity (Wildman–Crippen MR) is 59.6 cm³/mol. The third kappa shape index (κ3) is 3.63. The van der Waals surface area contributed by atoms with Crippen LogP contribution in [-0.4, -0.2) is 19.2 Å². The maximum Gasteiger partial charge on any atom is 0.233 e. The Hall–Kier alpha value is -0.620. The molecule has 0 bridgehead atoms. The lowest BCUT2D eigenvalue weighted by atomic mass is 10.5. The Morgan fingerprint density at radius 2 is 2.21 bits per heavy atom. The van der Waals surface area contributed by atoms with E-state index in [-0.39, 0.29) is 5.75 Å². The first-order valence-corrected chi connectivity index (χ1v) is 6.60. The molecule has 0 atom stereocenters. The Kier molecular flexibility index (Phi) is 3.88. The normalized spacial score (nSPS) is 11.3. The van der Waals surface area contributed by atoms with Gasteiger partial charge in [0.1, 0.15) is 5.82 Å². The zero-order valence-electron chi connectivity index (χ0n) is 7.70. The van der Waals surface area contributed by atoms with E-state index >= 15 is 0 Å². The van der Waals surface area contributed by atoms with Gasteiger partial charge in [0, 0.05) is 10.7 Å². The summed E-state index contributed by atoms with van der Waals surface area (Å²) in [7, 11) is -3.23. The Morgan fingerprint density at radius 3 is 2.71 bits per heavy atom. The number of sulfonamides is 1. The minimum absolute atomic E-state index is 0.116. The van der Waals surface area contributed by atoms with Crippen molar-refractivity contribution in [1.82, 2.24) is 4.98 Å². The monoisotopic (exact) mass is 278 g/mol. The molecule has 0 unspecified atom stereocenters. The van der Waals surface area contributed by atoms with Crippen molar-refractivity contribution in [3.05, 3.63) is 22.8 Å². The van der Waals surface area contributed by atoms with Gasteiger partial charge in [0.15, 0.2) is 0 Å². The first-order chi connectivity index (χ1) is 6.53. The lowest BCUT2D eigenvalue weighted by Gasteiger charge is -2.05. The molecule has 1 rings (SSSR count). The van der Waals surface area contributed by atoms with Crippen molar-refractivity contribution in [2.24, 2.45) is 0 Å². The fourth-order valence-corrected chi connectivity index (χ4v) is 2.23. The molecule has 0 aliphatic heterocycles. The van der Waals surface area contributed by atoms with Gasteiger partial charge in [0.05, 0.1) is 5.75 Å². The van der Waals surface area contributed by atoms with Gasteiger partial charge in [-0.1, -0.05) is 6.92 Å². The van der Waals surface area contributed by atoms with Gasteiger partial charge >= 0.3 is 0 Å². The number of nitrogens with zero attached hydrogens (tertiary/aromatic N) is 1. The number of hydrogen-bond acceptors (Lipinski definition) is 3. The summed E-state index contributed by atoms with van der Waals surface area (Å²) in [4.78, 5) is 3.91. The van der Waals surface area contributed by atoms with Crippen LogP contribution in [0.1, 0.15) is 13.3 Å². The summed E-state index contributed by atoms with van der Waals surface area (Å²) in [5.74, 6) is 0.465. The van der Waals surface area contributed by atoms with Crippen molar-refractivity contribution in [1.29, 1.82) is 0 Å². The summed E-state index contributed by atoms with van der Waals surface area (Å²) in [6, 6.07) is 3.34. The molecule has 0 spiro atoms. The van der Waals surface area contributed by atoms with Gasteiger partial charge in [-0.15, -0.1) is 0 Å². The van der Waals surface area contributed by atoms with E-state index in [9.17, 15) is 8.42 Å². The first kappa shape index (κ1) is 11.5. The van der Waals surface area contributed by atoms with E-state index in [2.05, 4.69) is 25.6 Å². The summed E-state index contributed by atoms with van der Waals surface area (Å²) >= 11 is 3.22. The van der Waals surface area contributed by atoms with E-state index in [1.807, 2.05) is 6.92 Å². The molecule has 0 aliphatic rings. The number of hydrogen-bond donors (Lipinski definition) is 1. The van der Waals surface area contributed by atoms with E-state index in [0.717, 1.165) is 4.47 Å². The van der Waals surface area contributed by atoms with Crippen LogP contribution in [0.3, 0.4) is 0 Å². The van der Waals surface area contributed by atoms with Crippen LogP contribution in [0, 0.1) is 0 Å². The topological polar surface area (TPSA) is 59.1 Å². The molecule has 0 radical (unpaired) electrons. The Morgan fingerprint density at radius 1 is 1.50 bits per heavy atom. The highest BCUT2D eigenvalue weighted by Gasteiger charge is 2.08. The second kappa shape index (κ2) is 4.75. The summed E-state index contributed by atoms with van der Waals surface area (Å²) < 4.78 is 25.8. The summed E-state index contributed by atoms with van der Waals surface area (Å²) in [6.07, 6.45) is 2.13. The molecule has 0 amide bonds. The zero-order valence-corrected chi connectivity index (χ0v) is 10.1. The van der Waals surface area contributed by atoms with Crippen molar-refractivity contribution >= 4 is 31.8 Å². The Balaban J connectivity index is 2.74. The predicted octanol–water partition coefficient (Wildman–Crippen LogP) is 2.00. The molecule has 6 heteroatoms. The fraction of sp³-hybridized carbons (Fsp3) is 0.375. The van der Waals surface area contributed by atoms with Crippen LogP contribution in [0.5, 0.6) is 0 Å². The maximum atomic E-state index is 11.3. The minimum Gasteiger partial charge on any atom is -0.267 e. The standard InChI is InChI=1S/C8H11BrN2O2S/c1-2-5-14(12,13)11-8-4-3-7(9)6-10-8/h3-4,6H,2,5H2,1H3,(H,10,11). The second-order valence-electron chi connectivity index (χ2n) is 2.78. The van der Waals surface area contributed by atoms with Crippen molar-refractivity contribution in [2.45, 2.75) is 13.3 Å². The number of pyridine rings is 1. The van der Waals surface area contributed by atoms with Gasteiger partial charge in [-0.25, -0.2) is 13.4 Å². The third-order valence-corrected chi connectivity index (χ3v) is 3.40. The van der Waals surface area contributed by atoms with Gasteiger partial charge in [-0.2, -0.15) is 0 Å². The number of nitrogens with one attached hydrogen (secondary N) is 1. The van der Waals surface area contributed by atoms with E-state index in [1.54, 1.807) is 18.3 Å². The average molecular weight is 279 g/mol. The Bertz CT molecular complexity index is 388. The van der Waals surface area contributed by atoms with Gasteiger partial charge in [0.2, 0.25) is 10.0 Å². The second-order valence-corrected chi connectivity index (χ2v) is 5.54. The van der Waals surface area contributed by atoms with Crippen molar-refractivity contribution in [3.8, 4) is 0 Å². The SMILES string of the molecule is CCCS(=O)(=O)Nc1ccc(Br)cn1. The number of rotatable bonds is 4. The molecular weight excluding hydrogens is 268 g/mol. The summed E-state index contributed by atoms with van der Waals surface area (Å²) in [6.45, 7) is 1.81. The van der Waals surface area contributed by atoms with Gasteiger partial charge in [-0.05, 0) is 34.5 Å². The fourth-order valence-electron chi connectivity index (χ4n) is 0.915. The van der Waals surface area contributed by atoms with E-state index in [0.29, 0.717) is 12.2 Å². The van der Waals surface area contributed by atoms with E-state index in [1.165, 1.54) is 0 Å². The molecule has 14 heavy (non-hydrogen) atoms. The average Bonchev–Trinajstić information content (AvgIpc) is 2.08. The highest BCUT2D eigenvalue weighted by Crippen LogP contribution is 2.11.